The number of nitrogens with zero attached hydrogens (tertiary/aromatic N) is 2. The Balaban J connectivity index is 2.67. The fraction of sp³-hybridized carbons (Fsp3) is 0.667. The monoisotopic (exact) mass is 239 g/mol. The Morgan fingerprint density at radius 1 is 1.59 bits per heavy atom. The molecule has 5 nitrogen and oxygen atoms in total. The van der Waals surface area contributed by atoms with Gasteiger partial charge in [0, 0.05) is 19.6 Å². The maximum atomic E-state index is 11.0. The van der Waals surface area contributed by atoms with Crippen molar-refractivity contribution >= 4 is 5.97 Å². The van der Waals surface area contributed by atoms with Gasteiger partial charge in [-0.1, -0.05) is 20.3 Å². The molecule has 1 rings (SSSR count). The number of hydrogen-bond donors (Lipinski definition) is 2. The first-order valence-corrected chi connectivity index (χ1v) is 6.07. The van der Waals surface area contributed by atoms with Crippen molar-refractivity contribution in [1.82, 2.24) is 15.1 Å². The van der Waals surface area contributed by atoms with Crippen LogP contribution in [0.5, 0.6) is 0 Å². The molecule has 1 aromatic rings. The van der Waals surface area contributed by atoms with Crippen LogP contribution >= 0.6 is 0 Å². The van der Waals surface area contributed by atoms with Crippen molar-refractivity contribution in [2.45, 2.75) is 45.7 Å². The van der Waals surface area contributed by atoms with Crippen LogP contribution in [0.3, 0.4) is 0 Å². The lowest BCUT2D eigenvalue weighted by atomic mass is 10.1. The molecule has 0 saturated heterocycles. The van der Waals surface area contributed by atoms with Crippen LogP contribution in [0.4, 0.5) is 0 Å². The van der Waals surface area contributed by atoms with Crippen LogP contribution in [0, 0.1) is 0 Å². The van der Waals surface area contributed by atoms with E-state index >= 15 is 0 Å². The molecule has 0 fully saturated rings. The first kappa shape index (κ1) is 13.7. The van der Waals surface area contributed by atoms with Crippen molar-refractivity contribution in [3.05, 3.63) is 17.5 Å². The van der Waals surface area contributed by atoms with Gasteiger partial charge in [0.1, 0.15) is 5.56 Å². The molecule has 5 heteroatoms. The second kappa shape index (κ2) is 6.39. The molecule has 0 aromatic carbocycles. The van der Waals surface area contributed by atoms with Gasteiger partial charge < -0.3 is 10.4 Å². The largest absolute Gasteiger partial charge is 0.478 e. The van der Waals surface area contributed by atoms with Gasteiger partial charge in [-0.15, -0.1) is 0 Å². The van der Waals surface area contributed by atoms with E-state index in [1.54, 1.807) is 11.7 Å². The van der Waals surface area contributed by atoms with Gasteiger partial charge >= 0.3 is 5.97 Å². The number of aromatic nitrogens is 2. The number of nitrogens with one attached hydrogen (secondary N) is 1. The predicted octanol–water partition coefficient (Wildman–Crippen LogP) is 1.79. The fourth-order valence-corrected chi connectivity index (χ4v) is 1.89. The molecule has 0 bridgehead atoms. The van der Waals surface area contributed by atoms with Gasteiger partial charge in [-0.25, -0.2) is 4.79 Å². The molecule has 2 N–H and O–H groups in total. The lowest BCUT2D eigenvalue weighted by molar-refractivity contribution is 0.0695. The zero-order valence-corrected chi connectivity index (χ0v) is 10.7. The van der Waals surface area contributed by atoms with Gasteiger partial charge in [-0.2, -0.15) is 5.10 Å². The zero-order chi connectivity index (χ0) is 12.8. The van der Waals surface area contributed by atoms with Crippen LogP contribution in [-0.4, -0.2) is 26.9 Å². The van der Waals surface area contributed by atoms with Crippen molar-refractivity contribution in [3.63, 3.8) is 0 Å². The fourth-order valence-electron chi connectivity index (χ4n) is 1.89. The number of rotatable bonds is 7. The molecule has 17 heavy (non-hydrogen) atoms. The van der Waals surface area contributed by atoms with Crippen molar-refractivity contribution < 1.29 is 9.90 Å². The van der Waals surface area contributed by atoms with Crippen LogP contribution in [0.15, 0.2) is 6.20 Å². The number of carboxylic acid groups (broad SMARTS) is 1. The maximum Gasteiger partial charge on any atom is 0.339 e. The third-order valence-corrected chi connectivity index (χ3v) is 2.98. The molecule has 1 aromatic heterocycles. The number of carbonyl (C=O) groups is 1. The Morgan fingerprint density at radius 2 is 2.29 bits per heavy atom. The van der Waals surface area contributed by atoms with Gasteiger partial charge in [-0.05, 0) is 12.8 Å². The van der Waals surface area contributed by atoms with E-state index in [9.17, 15) is 4.79 Å². The van der Waals surface area contributed by atoms with Crippen molar-refractivity contribution in [2.75, 3.05) is 0 Å². The van der Waals surface area contributed by atoms with Crippen LogP contribution in [-0.2, 0) is 13.6 Å². The Morgan fingerprint density at radius 3 is 2.82 bits per heavy atom. The van der Waals surface area contributed by atoms with E-state index in [2.05, 4.69) is 24.3 Å². The van der Waals surface area contributed by atoms with E-state index < -0.39 is 5.97 Å². The van der Waals surface area contributed by atoms with Crippen molar-refractivity contribution in [1.29, 1.82) is 0 Å². The highest BCUT2D eigenvalue weighted by Crippen LogP contribution is 2.09. The first-order valence-electron chi connectivity index (χ1n) is 6.07. The van der Waals surface area contributed by atoms with Crippen LogP contribution in [0.2, 0.25) is 0 Å². The summed E-state index contributed by atoms with van der Waals surface area (Å²) >= 11 is 0. The van der Waals surface area contributed by atoms with Gasteiger partial charge in [0.25, 0.3) is 0 Å². The zero-order valence-electron chi connectivity index (χ0n) is 10.7. The molecule has 0 amide bonds. The average Bonchev–Trinajstić information content (AvgIpc) is 2.66. The van der Waals surface area contributed by atoms with E-state index in [0.717, 1.165) is 25.0 Å². The molecule has 0 saturated carbocycles. The minimum atomic E-state index is -0.918. The molecule has 0 spiro atoms. The van der Waals surface area contributed by atoms with Gasteiger partial charge in [0.05, 0.1) is 11.9 Å². The summed E-state index contributed by atoms with van der Waals surface area (Å²) in [6, 6.07) is 0.441. The highest BCUT2D eigenvalue weighted by Gasteiger charge is 2.15. The molecule has 0 radical (unpaired) electrons. The first-order chi connectivity index (χ1) is 8.10. The lowest BCUT2D eigenvalue weighted by Crippen LogP contribution is -2.29. The smallest absolute Gasteiger partial charge is 0.339 e. The molecule has 0 aliphatic heterocycles. The summed E-state index contributed by atoms with van der Waals surface area (Å²) in [7, 11) is 1.77. The number of aromatic carboxylic acids is 1. The number of carboxylic acids is 1. The number of hydrogen-bond acceptors (Lipinski definition) is 3. The topological polar surface area (TPSA) is 67.2 Å². The summed E-state index contributed by atoms with van der Waals surface area (Å²) in [5.41, 5.74) is 1.01. The predicted molar refractivity (Wildman–Crippen MR) is 66.0 cm³/mol. The van der Waals surface area contributed by atoms with Crippen LogP contribution in [0.1, 0.15) is 49.2 Å². The summed E-state index contributed by atoms with van der Waals surface area (Å²) in [6.45, 7) is 4.84. The van der Waals surface area contributed by atoms with Gasteiger partial charge in [0.2, 0.25) is 0 Å². The van der Waals surface area contributed by atoms with E-state index in [1.165, 1.54) is 6.20 Å². The van der Waals surface area contributed by atoms with Crippen molar-refractivity contribution in [2.24, 2.45) is 7.05 Å². The Kier molecular flexibility index (Phi) is 5.15. The Hall–Kier alpha value is -1.36. The second-order valence-corrected chi connectivity index (χ2v) is 4.21. The third-order valence-electron chi connectivity index (χ3n) is 2.98. The SMILES string of the molecule is CCCC(CC)NCc1c(C(=O)O)cnn1C. The molecular weight excluding hydrogens is 218 g/mol. The number of aryl methyl sites for hydroxylation is 1. The maximum absolute atomic E-state index is 11.0. The molecule has 0 aliphatic carbocycles. The van der Waals surface area contributed by atoms with E-state index in [-0.39, 0.29) is 5.56 Å². The van der Waals surface area contributed by atoms with E-state index in [4.69, 9.17) is 5.11 Å². The normalized spacial score (nSPS) is 12.6. The molecule has 1 heterocycles. The molecular formula is C12H21N3O2. The molecule has 1 atom stereocenters. The standard InChI is InChI=1S/C12H21N3O2/c1-4-6-9(5-2)13-8-11-10(12(16)17)7-14-15(11)3/h7,9,13H,4-6,8H2,1-3H3,(H,16,17). The third kappa shape index (κ3) is 3.56. The molecule has 0 aliphatic rings. The van der Waals surface area contributed by atoms with Crippen molar-refractivity contribution in [3.8, 4) is 0 Å². The molecule has 96 valence electrons. The minimum absolute atomic E-state index is 0.284. The van der Waals surface area contributed by atoms with E-state index in [1.807, 2.05) is 0 Å². The van der Waals surface area contributed by atoms with E-state index in [0.29, 0.717) is 12.6 Å². The molecule has 1 unspecified atom stereocenters. The average molecular weight is 239 g/mol. The summed E-state index contributed by atoms with van der Waals surface area (Å²) in [5, 5.41) is 16.4. The highest BCUT2D eigenvalue weighted by atomic mass is 16.4. The quantitative estimate of drug-likeness (QED) is 0.761. The summed E-state index contributed by atoms with van der Waals surface area (Å²) in [5.74, 6) is -0.918. The van der Waals surface area contributed by atoms with Gasteiger partial charge in [-0.3, -0.25) is 4.68 Å². The minimum Gasteiger partial charge on any atom is -0.478 e. The Bertz CT molecular complexity index is 374. The second-order valence-electron chi connectivity index (χ2n) is 4.21. The Labute approximate surface area is 102 Å². The highest BCUT2D eigenvalue weighted by molar-refractivity contribution is 5.88. The van der Waals surface area contributed by atoms with Gasteiger partial charge in [0.15, 0.2) is 0 Å². The summed E-state index contributed by atoms with van der Waals surface area (Å²) in [6.07, 6.45) is 4.69. The summed E-state index contributed by atoms with van der Waals surface area (Å²) in [4.78, 5) is 11.0. The lowest BCUT2D eigenvalue weighted by Gasteiger charge is -2.16. The van der Waals surface area contributed by atoms with Crippen LogP contribution < -0.4 is 5.32 Å². The summed E-state index contributed by atoms with van der Waals surface area (Å²) < 4.78 is 1.62. The van der Waals surface area contributed by atoms with Crippen LogP contribution in [0.25, 0.3) is 0 Å².